The van der Waals surface area contributed by atoms with Crippen molar-refractivity contribution in [2.45, 2.75) is 24.8 Å². The van der Waals surface area contributed by atoms with E-state index in [-0.39, 0.29) is 0 Å². The number of carbonyl (C=O) groups excluding carboxylic acids is 1. The number of hydrogen-bond acceptors (Lipinski definition) is 5. The molecule has 1 aliphatic rings. The van der Waals surface area contributed by atoms with Gasteiger partial charge in [0.05, 0.1) is 11.0 Å². The highest BCUT2D eigenvalue weighted by Gasteiger charge is 2.50. The number of thioether (sulfide) groups is 1. The second kappa shape index (κ2) is 8.51. The maximum atomic E-state index is 12.7. The smallest absolute Gasteiger partial charge is 0.347 e. The first-order chi connectivity index (χ1) is 14.8. The summed E-state index contributed by atoms with van der Waals surface area (Å²) in [5.41, 5.74) is 2.38. The van der Waals surface area contributed by atoms with Gasteiger partial charge >= 0.3 is 6.03 Å². The fraction of sp³-hybridized carbons (Fsp3) is 0.190. The molecule has 0 bridgehead atoms. The van der Waals surface area contributed by atoms with Crippen LogP contribution >= 0.6 is 35.6 Å². The number of benzene rings is 2. The van der Waals surface area contributed by atoms with Gasteiger partial charge in [0.1, 0.15) is 0 Å². The van der Waals surface area contributed by atoms with E-state index in [1.165, 1.54) is 16.8 Å². The minimum atomic E-state index is -0.807. The van der Waals surface area contributed by atoms with Crippen molar-refractivity contribution in [3.63, 3.8) is 0 Å². The number of aromatic nitrogens is 1. The molecule has 7 nitrogen and oxygen atoms in total. The van der Waals surface area contributed by atoms with E-state index in [2.05, 4.69) is 15.4 Å². The fourth-order valence-electron chi connectivity index (χ4n) is 3.38. The number of para-hydroxylation sites is 1. The van der Waals surface area contributed by atoms with Gasteiger partial charge in [0, 0.05) is 33.4 Å². The molecule has 2 amide bonds. The Morgan fingerprint density at radius 1 is 1.32 bits per heavy atom. The number of nitrogens with zero attached hydrogens (tertiary/aromatic N) is 3. The molecule has 1 fully saturated rings. The van der Waals surface area contributed by atoms with E-state index in [1.807, 2.05) is 44.3 Å². The Morgan fingerprint density at radius 2 is 2.03 bits per heavy atom. The van der Waals surface area contributed by atoms with Crippen LogP contribution in [0.5, 0.6) is 0 Å². The number of amides is 2. The molecule has 0 radical (unpaired) electrons. The van der Waals surface area contributed by atoms with Gasteiger partial charge in [-0.25, -0.2) is 9.80 Å². The van der Waals surface area contributed by atoms with Crippen molar-refractivity contribution in [2.75, 3.05) is 5.32 Å². The Balaban J connectivity index is 1.58. The molecule has 31 heavy (non-hydrogen) atoms. The van der Waals surface area contributed by atoms with Crippen LogP contribution in [0.1, 0.15) is 19.4 Å². The van der Waals surface area contributed by atoms with Crippen LogP contribution in [0.25, 0.3) is 10.9 Å². The van der Waals surface area contributed by atoms with Crippen LogP contribution in [-0.2, 0) is 0 Å². The van der Waals surface area contributed by atoms with E-state index in [1.54, 1.807) is 30.5 Å². The highest BCUT2D eigenvalue weighted by Crippen LogP contribution is 2.42. The molecule has 1 aromatic heterocycles. The number of anilines is 1. The first-order valence-electron chi connectivity index (χ1n) is 9.43. The van der Waals surface area contributed by atoms with Crippen molar-refractivity contribution in [1.82, 2.24) is 15.1 Å². The number of halogens is 1. The summed E-state index contributed by atoms with van der Waals surface area (Å²) in [5, 5.41) is 21.7. The van der Waals surface area contributed by atoms with Gasteiger partial charge in [-0.2, -0.15) is 10.2 Å². The van der Waals surface area contributed by atoms with Gasteiger partial charge in [-0.1, -0.05) is 53.8 Å². The number of H-pyrrole nitrogens is 1. The molecular weight excluding hydrogens is 454 g/mol. The zero-order chi connectivity index (χ0) is 22.2. The van der Waals surface area contributed by atoms with Crippen molar-refractivity contribution in [1.29, 1.82) is 0 Å². The summed E-state index contributed by atoms with van der Waals surface area (Å²) < 4.78 is -0.134. The number of rotatable bonds is 4. The number of hydroxylamine groups is 2. The summed E-state index contributed by atoms with van der Waals surface area (Å²) in [7, 11) is 0. The molecule has 1 atom stereocenters. The average Bonchev–Trinajstić information content (AvgIpc) is 3.24. The highest BCUT2D eigenvalue weighted by atomic mass is 35.5. The van der Waals surface area contributed by atoms with Crippen molar-refractivity contribution >= 4 is 68.7 Å². The number of carbonyl (C=O) groups is 1. The predicted octanol–water partition coefficient (Wildman–Crippen LogP) is 5.52. The number of nitrogens with one attached hydrogen (secondary N) is 2. The van der Waals surface area contributed by atoms with Gasteiger partial charge in [0.15, 0.2) is 10.5 Å². The minimum absolute atomic E-state index is 0.462. The van der Waals surface area contributed by atoms with Crippen LogP contribution in [-0.4, -0.2) is 47.7 Å². The van der Waals surface area contributed by atoms with Crippen molar-refractivity contribution < 1.29 is 10.0 Å². The second-order valence-corrected chi connectivity index (χ2v) is 10.2. The van der Waals surface area contributed by atoms with Gasteiger partial charge in [0.25, 0.3) is 0 Å². The number of fused-ring (bicyclic) bond motifs is 1. The molecular formula is C21H20ClN5O2S2. The molecule has 3 aromatic rings. The summed E-state index contributed by atoms with van der Waals surface area (Å²) in [4.78, 5) is 15.9. The third-order valence-electron chi connectivity index (χ3n) is 4.87. The van der Waals surface area contributed by atoms with Crippen LogP contribution in [0.4, 0.5) is 10.5 Å². The molecule has 4 rings (SSSR count). The number of hydrazone groups is 1. The third kappa shape index (κ3) is 4.40. The van der Waals surface area contributed by atoms with E-state index in [4.69, 9.17) is 23.8 Å². The average molecular weight is 474 g/mol. The predicted molar refractivity (Wildman–Crippen MR) is 130 cm³/mol. The molecule has 10 heteroatoms. The lowest BCUT2D eigenvalue weighted by Gasteiger charge is -2.34. The fourth-order valence-corrected chi connectivity index (χ4v) is 5.29. The molecule has 3 N–H and O–H groups in total. The Kier molecular flexibility index (Phi) is 5.94. The van der Waals surface area contributed by atoms with Crippen molar-refractivity contribution in [3.05, 3.63) is 65.3 Å². The van der Waals surface area contributed by atoms with Gasteiger partial charge in [-0.15, -0.1) is 0 Å². The molecule has 0 spiro atoms. The standard InChI is InChI=1S/C21H20ClN5O2S2/c1-21(2)18(27(29)19(28)25-15-9-7-14(22)8-10-15)26(20(30)31-21)24-12-13-11-23-17-6-4-3-5-16(13)17/h3-12,18,23,29H,1-2H3,(H,25,28)/b24-12-/t18-/m0/s1. The van der Waals surface area contributed by atoms with Crippen LogP contribution in [0.15, 0.2) is 59.8 Å². The lowest BCUT2D eigenvalue weighted by atomic mass is 10.1. The zero-order valence-electron chi connectivity index (χ0n) is 16.7. The van der Waals surface area contributed by atoms with Crippen LogP contribution < -0.4 is 5.32 Å². The van der Waals surface area contributed by atoms with E-state index in [9.17, 15) is 10.0 Å². The lowest BCUT2D eigenvalue weighted by molar-refractivity contribution is -0.114. The monoisotopic (exact) mass is 473 g/mol. The Hall–Kier alpha value is -2.59. The topological polar surface area (TPSA) is 84.0 Å². The summed E-state index contributed by atoms with van der Waals surface area (Å²) >= 11 is 12.7. The number of aromatic amines is 1. The van der Waals surface area contributed by atoms with Gasteiger partial charge < -0.3 is 10.3 Å². The van der Waals surface area contributed by atoms with E-state index < -0.39 is 16.9 Å². The molecule has 2 heterocycles. The molecule has 1 saturated heterocycles. The molecule has 0 saturated carbocycles. The van der Waals surface area contributed by atoms with Gasteiger partial charge in [0.2, 0.25) is 0 Å². The molecule has 160 valence electrons. The summed E-state index contributed by atoms with van der Waals surface area (Å²) in [6.45, 7) is 3.79. The minimum Gasteiger partial charge on any atom is -0.361 e. The third-order valence-corrected chi connectivity index (χ3v) is 6.66. The van der Waals surface area contributed by atoms with Crippen LogP contribution in [0.2, 0.25) is 5.02 Å². The summed E-state index contributed by atoms with van der Waals surface area (Å²) in [5.74, 6) is 0. The maximum absolute atomic E-state index is 12.7. The van der Waals surface area contributed by atoms with Crippen molar-refractivity contribution in [3.8, 4) is 0 Å². The van der Waals surface area contributed by atoms with E-state index in [0.717, 1.165) is 16.5 Å². The second-order valence-electron chi connectivity index (χ2n) is 7.51. The molecule has 2 aromatic carbocycles. The van der Waals surface area contributed by atoms with Crippen LogP contribution in [0, 0.1) is 0 Å². The van der Waals surface area contributed by atoms with E-state index in [0.29, 0.717) is 20.1 Å². The molecule has 1 aliphatic heterocycles. The Bertz CT molecular complexity index is 1160. The Labute approximate surface area is 194 Å². The SMILES string of the molecule is CC1(C)SC(=S)N(/N=C\c2c[nH]c3ccccc23)[C@H]1N(O)C(=O)Nc1ccc(Cl)cc1. The number of thiocarbonyl (C=S) groups is 1. The largest absolute Gasteiger partial charge is 0.361 e. The normalized spacial score (nSPS) is 18.1. The first kappa shape index (κ1) is 21.6. The summed E-state index contributed by atoms with van der Waals surface area (Å²) in [6.07, 6.45) is 2.72. The quantitative estimate of drug-likeness (QED) is 0.201. The maximum Gasteiger partial charge on any atom is 0.347 e. The first-order valence-corrected chi connectivity index (χ1v) is 11.0. The molecule has 0 aliphatic carbocycles. The van der Waals surface area contributed by atoms with E-state index >= 15 is 0 Å². The van der Waals surface area contributed by atoms with Crippen LogP contribution in [0.3, 0.4) is 0 Å². The summed E-state index contributed by atoms with van der Waals surface area (Å²) in [6, 6.07) is 13.8. The van der Waals surface area contributed by atoms with Crippen molar-refractivity contribution in [2.24, 2.45) is 5.10 Å². The highest BCUT2D eigenvalue weighted by molar-refractivity contribution is 8.24. The van der Waals surface area contributed by atoms with Gasteiger partial charge in [-0.3, -0.25) is 5.21 Å². The number of hydrogen-bond donors (Lipinski definition) is 3. The Morgan fingerprint density at radius 3 is 2.77 bits per heavy atom. The molecule has 0 unspecified atom stereocenters. The zero-order valence-corrected chi connectivity index (χ0v) is 19.1. The van der Waals surface area contributed by atoms with Gasteiger partial charge in [-0.05, 0) is 44.2 Å². The lowest BCUT2D eigenvalue weighted by Crippen LogP contribution is -2.54. The number of urea groups is 1.